The molecule has 3 aliphatic carbocycles. The van der Waals surface area contributed by atoms with E-state index in [2.05, 4.69) is 35.3 Å². The van der Waals surface area contributed by atoms with Crippen LogP contribution in [-0.4, -0.2) is 46.4 Å². The predicted octanol–water partition coefficient (Wildman–Crippen LogP) is 3.76. The molecule has 0 radical (unpaired) electrons. The summed E-state index contributed by atoms with van der Waals surface area (Å²) in [7, 11) is 0. The average Bonchev–Trinajstić information content (AvgIpc) is 3.51. The molecule has 34 heavy (non-hydrogen) atoms. The molecule has 0 unspecified atom stereocenters. The van der Waals surface area contributed by atoms with Crippen LogP contribution >= 0.6 is 0 Å². The zero-order valence-corrected chi connectivity index (χ0v) is 18.0. The first kappa shape index (κ1) is 20.8. The Labute approximate surface area is 192 Å². The number of aromatic nitrogens is 7. The van der Waals surface area contributed by atoms with Crippen molar-refractivity contribution in [1.29, 1.82) is 0 Å². The van der Waals surface area contributed by atoms with E-state index in [1.807, 2.05) is 0 Å². The molecule has 9 nitrogen and oxygen atoms in total. The van der Waals surface area contributed by atoms with E-state index in [0.29, 0.717) is 16.6 Å². The lowest BCUT2D eigenvalue weighted by Gasteiger charge is -2.46. The highest BCUT2D eigenvalue weighted by atomic mass is 19.1. The number of hydrogen-bond donors (Lipinski definition) is 3. The highest BCUT2D eigenvalue weighted by Gasteiger charge is 2.47. The normalized spacial score (nSPS) is 24.1. The Morgan fingerprint density at radius 2 is 1.91 bits per heavy atom. The zero-order chi connectivity index (χ0) is 23.4. The zero-order valence-electron chi connectivity index (χ0n) is 18.0. The number of H-pyrrole nitrogens is 2. The molecule has 3 N–H and O–H groups in total. The lowest BCUT2D eigenvalue weighted by atomic mass is 9.57. The second-order valence-corrected chi connectivity index (χ2v) is 9.17. The van der Waals surface area contributed by atoms with Gasteiger partial charge in [-0.1, -0.05) is 0 Å². The van der Waals surface area contributed by atoms with E-state index in [9.17, 15) is 14.3 Å². The van der Waals surface area contributed by atoms with Crippen molar-refractivity contribution in [3.63, 3.8) is 0 Å². The third-order valence-electron chi connectivity index (χ3n) is 7.40. The summed E-state index contributed by atoms with van der Waals surface area (Å²) in [6.45, 7) is 0. The van der Waals surface area contributed by atoms with Crippen LogP contribution in [0.15, 0.2) is 24.7 Å². The first-order valence-electron chi connectivity index (χ1n) is 11.3. The number of aliphatic carboxylic acids is 1. The van der Waals surface area contributed by atoms with Gasteiger partial charge in [0.15, 0.2) is 17.3 Å². The number of carboxylic acids is 1. The smallest absolute Gasteiger partial charge is 0.307 e. The molecule has 3 saturated carbocycles. The fourth-order valence-electron chi connectivity index (χ4n) is 5.83. The molecular weight excluding hydrogens is 444 g/mol. The number of hydrogen-bond acceptors (Lipinski definition) is 6. The van der Waals surface area contributed by atoms with Gasteiger partial charge in [-0.2, -0.15) is 10.2 Å². The molecule has 0 aromatic carbocycles. The Morgan fingerprint density at radius 1 is 1.12 bits per heavy atom. The topological polar surface area (TPSA) is 133 Å². The third-order valence-corrected chi connectivity index (χ3v) is 7.40. The molecule has 3 aliphatic rings. The van der Waals surface area contributed by atoms with Gasteiger partial charge >= 0.3 is 5.97 Å². The second-order valence-electron chi connectivity index (χ2n) is 9.17. The van der Waals surface area contributed by atoms with Crippen molar-refractivity contribution in [2.45, 2.75) is 32.1 Å². The molecule has 0 spiro atoms. The Balaban J connectivity index is 1.49. The maximum absolute atomic E-state index is 15.7. The summed E-state index contributed by atoms with van der Waals surface area (Å²) in [5.74, 6) is -2.26. The summed E-state index contributed by atoms with van der Waals surface area (Å²) in [5, 5.41) is 23.7. The maximum Gasteiger partial charge on any atom is 0.307 e. The summed E-state index contributed by atoms with van der Waals surface area (Å²) < 4.78 is 29.6. The van der Waals surface area contributed by atoms with E-state index in [4.69, 9.17) is 0 Å². The van der Waals surface area contributed by atoms with Gasteiger partial charge in [-0.25, -0.2) is 23.7 Å². The van der Waals surface area contributed by atoms with Crippen LogP contribution in [0.4, 0.5) is 8.78 Å². The van der Waals surface area contributed by atoms with Gasteiger partial charge in [0.1, 0.15) is 17.2 Å². The number of halogens is 2. The summed E-state index contributed by atoms with van der Waals surface area (Å²) >= 11 is 0. The van der Waals surface area contributed by atoms with Crippen molar-refractivity contribution >= 4 is 17.0 Å². The highest BCUT2D eigenvalue weighted by Crippen LogP contribution is 2.50. The molecule has 3 fully saturated rings. The minimum atomic E-state index is -0.828. The molecule has 174 valence electrons. The average molecular weight is 465 g/mol. The Kier molecular flexibility index (Phi) is 4.85. The van der Waals surface area contributed by atoms with Crippen molar-refractivity contribution in [2.75, 3.05) is 0 Å². The van der Waals surface area contributed by atoms with Crippen LogP contribution in [0.1, 0.15) is 31.4 Å². The number of nitrogens with zero attached hydrogens (tertiary/aromatic N) is 5. The van der Waals surface area contributed by atoms with Crippen molar-refractivity contribution in [2.24, 2.45) is 23.7 Å². The number of nitrogens with one attached hydrogen (secondary N) is 2. The lowest BCUT2D eigenvalue weighted by Crippen LogP contribution is -2.45. The number of carbonyl (C=O) groups is 1. The van der Waals surface area contributed by atoms with Crippen LogP contribution in [0, 0.1) is 35.3 Å². The lowest BCUT2D eigenvalue weighted by molar-refractivity contribution is -0.152. The van der Waals surface area contributed by atoms with Crippen LogP contribution in [0.25, 0.3) is 33.8 Å². The molecular formula is C23H21F2N7O2. The number of carboxylic acid groups (broad SMARTS) is 1. The van der Waals surface area contributed by atoms with Crippen LogP contribution in [0.3, 0.4) is 0 Å². The van der Waals surface area contributed by atoms with Crippen LogP contribution in [0.2, 0.25) is 0 Å². The molecule has 0 saturated heterocycles. The molecule has 0 aliphatic heterocycles. The van der Waals surface area contributed by atoms with Gasteiger partial charge in [-0.15, -0.1) is 0 Å². The molecule has 11 heteroatoms. The van der Waals surface area contributed by atoms with Gasteiger partial charge in [0.05, 0.1) is 29.4 Å². The van der Waals surface area contributed by atoms with Gasteiger partial charge < -0.3 is 5.11 Å². The summed E-state index contributed by atoms with van der Waals surface area (Å²) in [6, 6.07) is 1.27. The van der Waals surface area contributed by atoms with Crippen molar-refractivity contribution < 1.29 is 18.7 Å². The maximum atomic E-state index is 15.7. The quantitative estimate of drug-likeness (QED) is 0.409. The number of rotatable bonds is 5. The number of fused-ring (bicyclic) bond motifs is 4. The van der Waals surface area contributed by atoms with Crippen molar-refractivity contribution in [3.05, 3.63) is 42.0 Å². The third kappa shape index (κ3) is 3.34. The number of pyridine rings is 1. The van der Waals surface area contributed by atoms with Crippen LogP contribution < -0.4 is 0 Å². The van der Waals surface area contributed by atoms with E-state index in [1.165, 1.54) is 18.5 Å². The van der Waals surface area contributed by atoms with E-state index in [1.54, 1.807) is 0 Å². The van der Waals surface area contributed by atoms with E-state index in [0.717, 1.165) is 31.9 Å². The van der Waals surface area contributed by atoms with E-state index < -0.39 is 23.5 Å². The fourth-order valence-corrected chi connectivity index (χ4v) is 5.83. The van der Waals surface area contributed by atoms with Crippen molar-refractivity contribution in [3.8, 4) is 22.8 Å². The molecule has 2 atom stereocenters. The molecule has 2 bridgehead atoms. The SMILES string of the molecule is O=C(O)[C@H]1C2CCC(CC2)[C@@H]1Cc1nc(-c2[nH]nc3ncc(F)cc23)nc(-c2cn[nH]c2)c1F. The fraction of sp³-hybridized carbons (Fsp3) is 0.391. The minimum Gasteiger partial charge on any atom is -0.481 e. The Bertz CT molecular complexity index is 1380. The molecule has 4 aromatic heterocycles. The molecule has 4 heterocycles. The summed E-state index contributed by atoms with van der Waals surface area (Å²) in [6.07, 6.45) is 7.91. The van der Waals surface area contributed by atoms with Crippen LogP contribution in [-0.2, 0) is 11.2 Å². The van der Waals surface area contributed by atoms with Gasteiger partial charge in [0.25, 0.3) is 0 Å². The van der Waals surface area contributed by atoms with E-state index in [-0.39, 0.29) is 47.0 Å². The molecule has 0 amide bonds. The standard InChI is InChI=1S/C23H21F2N7O2/c24-13-5-15-20(31-32-21(15)26-9-13)22-29-16(18(25)19(30-22)12-7-27-28-8-12)6-14-10-1-3-11(4-2-10)17(14)23(33)34/h5,7-11,14,17H,1-4,6H2,(H,27,28)(H,33,34)(H,26,31,32)/t10?,11?,14-,17-/m0/s1. The predicted molar refractivity (Wildman–Crippen MR) is 116 cm³/mol. The first-order chi connectivity index (χ1) is 16.5. The van der Waals surface area contributed by atoms with Crippen molar-refractivity contribution in [1.82, 2.24) is 35.3 Å². The van der Waals surface area contributed by atoms with Gasteiger partial charge in [-0.3, -0.25) is 15.0 Å². The minimum absolute atomic E-state index is 0.0358. The molecule has 4 aromatic rings. The number of aromatic amines is 2. The molecule has 7 rings (SSSR count). The van der Waals surface area contributed by atoms with Gasteiger partial charge in [-0.05, 0) is 55.9 Å². The Hall–Kier alpha value is -3.76. The first-order valence-corrected chi connectivity index (χ1v) is 11.3. The van der Waals surface area contributed by atoms with E-state index >= 15 is 4.39 Å². The highest BCUT2D eigenvalue weighted by molar-refractivity contribution is 5.89. The van der Waals surface area contributed by atoms with Gasteiger partial charge in [0, 0.05) is 11.8 Å². The largest absolute Gasteiger partial charge is 0.481 e. The summed E-state index contributed by atoms with van der Waals surface area (Å²) in [4.78, 5) is 25.0. The Morgan fingerprint density at radius 3 is 2.65 bits per heavy atom. The van der Waals surface area contributed by atoms with Gasteiger partial charge in [0.2, 0.25) is 0 Å². The van der Waals surface area contributed by atoms with Crippen LogP contribution in [0.5, 0.6) is 0 Å². The monoisotopic (exact) mass is 465 g/mol. The second kappa shape index (κ2) is 7.93. The summed E-state index contributed by atoms with van der Waals surface area (Å²) in [5.41, 5.74) is 1.19.